The van der Waals surface area contributed by atoms with Crippen LogP contribution in [0.5, 0.6) is 0 Å². The predicted octanol–water partition coefficient (Wildman–Crippen LogP) is 2.01. The molecule has 0 heterocycles. The molecule has 0 radical (unpaired) electrons. The zero-order valence-electron chi connectivity index (χ0n) is 6.18. The minimum Gasteiger partial charge on any atom is -0.271 e. The fraction of sp³-hybridized carbons (Fsp3) is 0.143. The number of hydroxylamine groups is 1. The molecule has 58 valence electrons. The zero-order valence-corrected chi connectivity index (χ0v) is 6.18. The second kappa shape index (κ2) is 3.68. The molecule has 4 nitrogen and oxygen atoms in total. The van der Waals surface area contributed by atoms with Crippen molar-refractivity contribution >= 4 is 5.69 Å². The Hall–Kier alpha value is -1.42. The van der Waals surface area contributed by atoms with E-state index in [4.69, 9.17) is 5.21 Å². The molecule has 0 saturated heterocycles. The van der Waals surface area contributed by atoms with E-state index in [1.165, 1.54) is 7.05 Å². The Morgan fingerprint density at radius 2 is 1.91 bits per heavy atom. The van der Waals surface area contributed by atoms with E-state index < -0.39 is 0 Å². The van der Waals surface area contributed by atoms with Crippen molar-refractivity contribution in [2.45, 2.75) is 0 Å². The quantitative estimate of drug-likeness (QED) is 0.519. The van der Waals surface area contributed by atoms with Gasteiger partial charge in [0.05, 0.1) is 12.7 Å². The summed E-state index contributed by atoms with van der Waals surface area (Å²) >= 11 is 0. The van der Waals surface area contributed by atoms with E-state index in [-0.39, 0.29) is 0 Å². The molecular formula is C7H9N3O. The van der Waals surface area contributed by atoms with Gasteiger partial charge in [-0.3, -0.25) is 5.21 Å². The molecule has 1 N–H and O–H groups in total. The summed E-state index contributed by atoms with van der Waals surface area (Å²) in [6.07, 6.45) is 0. The van der Waals surface area contributed by atoms with Gasteiger partial charge in [0, 0.05) is 0 Å². The summed E-state index contributed by atoms with van der Waals surface area (Å²) < 4.78 is 0. The molecule has 11 heavy (non-hydrogen) atoms. The van der Waals surface area contributed by atoms with E-state index >= 15 is 0 Å². The first-order chi connectivity index (χ1) is 5.29. The Kier molecular flexibility index (Phi) is 2.57. The first kappa shape index (κ1) is 7.68. The van der Waals surface area contributed by atoms with Gasteiger partial charge in [-0.2, -0.15) is 5.17 Å². The Morgan fingerprint density at radius 3 is 2.45 bits per heavy atom. The number of hydrogen-bond donors (Lipinski definition) is 1. The van der Waals surface area contributed by atoms with Gasteiger partial charge < -0.3 is 0 Å². The summed E-state index contributed by atoms with van der Waals surface area (Å²) in [5, 5.41) is 16.4. The lowest BCUT2D eigenvalue weighted by Gasteiger charge is -1.97. The smallest absolute Gasteiger partial charge is 0.0875 e. The Balaban J connectivity index is 2.65. The van der Waals surface area contributed by atoms with Crippen LogP contribution in [-0.4, -0.2) is 17.4 Å². The Morgan fingerprint density at radius 1 is 1.27 bits per heavy atom. The van der Waals surface area contributed by atoms with E-state index in [0.29, 0.717) is 10.9 Å². The van der Waals surface area contributed by atoms with Crippen molar-refractivity contribution in [3.8, 4) is 0 Å². The zero-order chi connectivity index (χ0) is 8.10. The molecule has 1 rings (SSSR count). The van der Waals surface area contributed by atoms with Crippen molar-refractivity contribution in [1.29, 1.82) is 0 Å². The molecule has 0 unspecified atom stereocenters. The third-order valence-corrected chi connectivity index (χ3v) is 1.05. The second-order valence-electron chi connectivity index (χ2n) is 2.01. The number of hydrogen-bond acceptors (Lipinski definition) is 3. The molecule has 4 heteroatoms. The van der Waals surface area contributed by atoms with Gasteiger partial charge in [-0.05, 0) is 17.4 Å². The van der Waals surface area contributed by atoms with Gasteiger partial charge in [0.25, 0.3) is 0 Å². The standard InChI is InChI=1S/C7H9N3O/c1-10(11)9-8-7-5-3-2-4-6-7/h2-6,11H,1H3. The molecule has 0 aliphatic heterocycles. The summed E-state index contributed by atoms with van der Waals surface area (Å²) in [6, 6.07) is 9.19. The highest BCUT2D eigenvalue weighted by atomic mass is 16.5. The molecule has 1 aromatic rings. The third kappa shape index (κ3) is 2.77. The van der Waals surface area contributed by atoms with Crippen LogP contribution in [0.25, 0.3) is 0 Å². The maximum Gasteiger partial charge on any atom is 0.0875 e. The van der Waals surface area contributed by atoms with Crippen LogP contribution in [0.1, 0.15) is 0 Å². The minimum absolute atomic E-state index is 0.660. The average molecular weight is 151 g/mol. The molecule has 0 amide bonds. The van der Waals surface area contributed by atoms with Crippen LogP contribution < -0.4 is 0 Å². The van der Waals surface area contributed by atoms with Gasteiger partial charge in [-0.25, -0.2) is 0 Å². The molecular weight excluding hydrogens is 142 g/mol. The fourth-order valence-electron chi connectivity index (χ4n) is 0.611. The predicted molar refractivity (Wildman–Crippen MR) is 40.5 cm³/mol. The van der Waals surface area contributed by atoms with E-state index in [9.17, 15) is 0 Å². The van der Waals surface area contributed by atoms with Crippen LogP contribution in [0.2, 0.25) is 0 Å². The maximum absolute atomic E-state index is 8.59. The lowest BCUT2D eigenvalue weighted by Crippen LogP contribution is -2.00. The van der Waals surface area contributed by atoms with Gasteiger partial charge in [-0.15, -0.1) is 5.11 Å². The topological polar surface area (TPSA) is 48.2 Å². The summed E-state index contributed by atoms with van der Waals surface area (Å²) in [6.45, 7) is 0. The molecule has 0 aliphatic rings. The monoisotopic (exact) mass is 151 g/mol. The van der Waals surface area contributed by atoms with Gasteiger partial charge in [0.1, 0.15) is 0 Å². The fourth-order valence-corrected chi connectivity index (χ4v) is 0.611. The average Bonchev–Trinajstić information content (AvgIpc) is 2.03. The molecule has 0 bridgehead atoms. The van der Waals surface area contributed by atoms with Crippen LogP contribution in [0.3, 0.4) is 0 Å². The van der Waals surface area contributed by atoms with Crippen molar-refractivity contribution in [1.82, 2.24) is 5.17 Å². The largest absolute Gasteiger partial charge is 0.271 e. The van der Waals surface area contributed by atoms with E-state index in [1.54, 1.807) is 12.1 Å². The van der Waals surface area contributed by atoms with Gasteiger partial charge in [0.2, 0.25) is 0 Å². The molecule has 1 aromatic carbocycles. The van der Waals surface area contributed by atoms with Crippen LogP contribution in [0.15, 0.2) is 40.7 Å². The van der Waals surface area contributed by atoms with Crippen molar-refractivity contribution in [3.05, 3.63) is 30.3 Å². The lowest BCUT2D eigenvalue weighted by molar-refractivity contribution is -0.0707. The van der Waals surface area contributed by atoms with Gasteiger partial charge in [-0.1, -0.05) is 18.2 Å². The number of benzene rings is 1. The van der Waals surface area contributed by atoms with E-state index in [0.717, 1.165) is 0 Å². The van der Waals surface area contributed by atoms with Crippen molar-refractivity contribution in [2.75, 3.05) is 7.05 Å². The highest BCUT2D eigenvalue weighted by molar-refractivity contribution is 5.34. The number of rotatable bonds is 2. The van der Waals surface area contributed by atoms with Crippen molar-refractivity contribution in [2.24, 2.45) is 10.3 Å². The van der Waals surface area contributed by atoms with Crippen LogP contribution in [-0.2, 0) is 0 Å². The summed E-state index contributed by atoms with van der Waals surface area (Å²) in [4.78, 5) is 0. The molecule has 0 spiro atoms. The highest BCUT2D eigenvalue weighted by Crippen LogP contribution is 2.09. The van der Waals surface area contributed by atoms with Crippen molar-refractivity contribution < 1.29 is 5.21 Å². The summed E-state index contributed by atoms with van der Waals surface area (Å²) in [7, 11) is 1.40. The maximum atomic E-state index is 8.59. The minimum atomic E-state index is 0.660. The number of nitrogens with zero attached hydrogens (tertiary/aromatic N) is 3. The molecule has 0 saturated carbocycles. The van der Waals surface area contributed by atoms with Gasteiger partial charge in [0.15, 0.2) is 0 Å². The first-order valence-electron chi connectivity index (χ1n) is 3.18. The lowest BCUT2D eigenvalue weighted by atomic mass is 10.3. The summed E-state index contributed by atoms with van der Waals surface area (Å²) in [5.41, 5.74) is 0.716. The molecule has 0 atom stereocenters. The van der Waals surface area contributed by atoms with Crippen LogP contribution >= 0.6 is 0 Å². The molecule has 0 fully saturated rings. The van der Waals surface area contributed by atoms with Crippen molar-refractivity contribution in [3.63, 3.8) is 0 Å². The van der Waals surface area contributed by atoms with E-state index in [1.807, 2.05) is 18.2 Å². The first-order valence-corrected chi connectivity index (χ1v) is 3.18. The van der Waals surface area contributed by atoms with Gasteiger partial charge >= 0.3 is 0 Å². The van der Waals surface area contributed by atoms with Crippen LogP contribution in [0.4, 0.5) is 5.69 Å². The SMILES string of the molecule is CN(O)N=Nc1ccccc1. The second-order valence-corrected chi connectivity index (χ2v) is 2.01. The molecule has 0 aromatic heterocycles. The summed E-state index contributed by atoms with van der Waals surface area (Å²) in [5.74, 6) is 0. The highest BCUT2D eigenvalue weighted by Gasteiger charge is 1.84. The normalized spacial score (nSPS) is 10.4. The Bertz CT molecular complexity index is 233. The molecule has 0 aliphatic carbocycles. The Labute approximate surface area is 64.7 Å². The van der Waals surface area contributed by atoms with E-state index in [2.05, 4.69) is 10.3 Å². The third-order valence-electron chi connectivity index (χ3n) is 1.05. The van der Waals surface area contributed by atoms with Crippen LogP contribution in [0, 0.1) is 0 Å².